The van der Waals surface area contributed by atoms with Gasteiger partial charge in [-0.3, -0.25) is 0 Å². The van der Waals surface area contributed by atoms with Crippen LogP contribution in [-0.4, -0.2) is 25.8 Å². The molecule has 2 aliphatic rings. The first-order chi connectivity index (χ1) is 43.6. The third-order valence-electron chi connectivity index (χ3n) is 19.6. The minimum Gasteiger partial charge on any atom is -0.310 e. The summed E-state index contributed by atoms with van der Waals surface area (Å²) in [5.74, 6) is 0.663. The van der Waals surface area contributed by atoms with E-state index < -0.39 is 0 Å². The lowest BCUT2D eigenvalue weighted by molar-refractivity contribution is 0.572. The lowest BCUT2D eigenvalue weighted by Gasteiger charge is -2.34. The quantitative estimate of drug-likeness (QED) is 0.149. The summed E-state index contributed by atoms with van der Waals surface area (Å²) in [6, 6.07) is 88.6. The van der Waals surface area contributed by atoms with Gasteiger partial charge in [-0.15, -0.1) is 0 Å². The number of hydrogen-bond acceptors (Lipinski definition) is 2. The predicted octanol–water partition coefficient (Wildman–Crippen LogP) is 20.7. The number of nitrogens with zero attached hydrogens (tertiary/aromatic N) is 4. The van der Waals surface area contributed by atoms with E-state index in [9.17, 15) is 0 Å². The van der Waals surface area contributed by atoms with Gasteiger partial charge in [0.15, 0.2) is 5.82 Å². The van der Waals surface area contributed by atoms with E-state index >= 15 is 0 Å². The molecule has 0 saturated heterocycles. The molecule has 0 bridgehead atoms. The van der Waals surface area contributed by atoms with Gasteiger partial charge in [0.1, 0.15) is 0 Å². The van der Waals surface area contributed by atoms with Gasteiger partial charge < -0.3 is 9.13 Å². The maximum Gasteiger partial charge on any atom is 0.252 e. The number of benzene rings is 11. The van der Waals surface area contributed by atoms with Gasteiger partial charge in [0.25, 0.3) is 6.71 Å². The molecule has 442 valence electrons. The predicted molar refractivity (Wildman–Crippen MR) is 388 cm³/mol. The fourth-order valence-electron chi connectivity index (χ4n) is 15.0. The van der Waals surface area contributed by atoms with Gasteiger partial charge in [-0.25, -0.2) is 9.97 Å². The van der Waals surface area contributed by atoms with Crippen LogP contribution in [0.25, 0.3) is 133 Å². The molecule has 16 rings (SSSR count). The van der Waals surface area contributed by atoms with Crippen molar-refractivity contribution in [2.24, 2.45) is 0 Å². The van der Waals surface area contributed by atoms with Crippen LogP contribution in [0.15, 0.2) is 237 Å². The monoisotopic (exact) mass is 1170 g/mol. The second-order valence-corrected chi connectivity index (χ2v) is 29.9. The average Bonchev–Trinajstić information content (AvgIpc) is 1.56. The first-order valence-electron chi connectivity index (χ1n) is 32.5. The minimum absolute atomic E-state index is 0.0579. The van der Waals surface area contributed by atoms with E-state index in [0.717, 1.165) is 72.6 Å². The summed E-state index contributed by atoms with van der Waals surface area (Å²) in [6.45, 7) is 28.4. The highest BCUT2D eigenvalue weighted by Crippen LogP contribution is 2.48. The van der Waals surface area contributed by atoms with Crippen LogP contribution in [0, 0.1) is 0 Å². The van der Waals surface area contributed by atoms with Gasteiger partial charge in [0.05, 0.1) is 22.4 Å². The first kappa shape index (κ1) is 56.4. The van der Waals surface area contributed by atoms with Crippen LogP contribution in [0.1, 0.15) is 105 Å². The molecule has 0 spiro atoms. The maximum atomic E-state index is 5.93. The molecule has 0 radical (unpaired) electrons. The Morgan fingerprint density at radius 3 is 0.967 bits per heavy atom. The molecule has 0 N–H and O–H groups in total. The summed E-state index contributed by atoms with van der Waals surface area (Å²) < 4.78 is 5.33. The average molecular weight is 1180 g/mol. The van der Waals surface area contributed by atoms with Gasteiger partial charge in [0, 0.05) is 60.6 Å². The molecule has 11 aromatic carbocycles. The zero-order valence-electron chi connectivity index (χ0n) is 54.4. The van der Waals surface area contributed by atoms with Gasteiger partial charge in [-0.2, -0.15) is 0 Å². The number of para-hydroxylation sites is 2. The molecule has 0 unspecified atom stereocenters. The third kappa shape index (κ3) is 9.25. The van der Waals surface area contributed by atoms with Crippen molar-refractivity contribution < 1.29 is 0 Å². The minimum atomic E-state index is -0.148. The zero-order chi connectivity index (χ0) is 62.6. The Hall–Kier alpha value is -9.84. The molecule has 3 aromatic heterocycles. The highest BCUT2D eigenvalue weighted by molar-refractivity contribution is 7.00. The van der Waals surface area contributed by atoms with Crippen molar-refractivity contribution in [1.82, 2.24) is 19.1 Å². The zero-order valence-corrected chi connectivity index (χ0v) is 54.4. The Morgan fingerprint density at radius 1 is 0.297 bits per heavy atom. The molecule has 0 amide bonds. The van der Waals surface area contributed by atoms with E-state index in [-0.39, 0.29) is 28.4 Å². The fraction of sp³-hybridized carbons (Fsp3) is 0.186. The van der Waals surface area contributed by atoms with E-state index in [0.29, 0.717) is 5.82 Å². The van der Waals surface area contributed by atoms with Gasteiger partial charge >= 0.3 is 0 Å². The SMILES string of the molecule is CC(C)(C)c1cc(C(C)(C)C)c2c3cccc4c3n(c2c1)-c1cc(-c2nc(-c3cc(-c5ccccc5)cc(-c5ccccc5)c3)cc(-c3cc(-c5ccccc5)cc(-c5ccccc5)c3)n2)cc2c1B4c1cccc3c4c(C(C)(C)C)cc(C(C)(C)C)cc4n-2c13. The van der Waals surface area contributed by atoms with Crippen LogP contribution in [0.5, 0.6) is 0 Å². The van der Waals surface area contributed by atoms with Gasteiger partial charge in [-0.05, 0) is 172 Å². The number of fused-ring (bicyclic) bond motifs is 10. The van der Waals surface area contributed by atoms with E-state index in [2.05, 4.69) is 329 Å². The van der Waals surface area contributed by atoms with E-state index in [4.69, 9.17) is 9.97 Å². The van der Waals surface area contributed by atoms with E-state index in [1.165, 1.54) is 93.6 Å². The van der Waals surface area contributed by atoms with Crippen molar-refractivity contribution in [3.05, 3.63) is 259 Å². The fourth-order valence-corrected chi connectivity index (χ4v) is 15.0. The van der Waals surface area contributed by atoms with Crippen LogP contribution in [0.2, 0.25) is 0 Å². The van der Waals surface area contributed by atoms with Crippen molar-refractivity contribution in [3.63, 3.8) is 0 Å². The summed E-state index contributed by atoms with van der Waals surface area (Å²) in [4.78, 5) is 11.9. The summed E-state index contributed by atoms with van der Waals surface area (Å²) in [5.41, 5.74) is 29.9. The Morgan fingerprint density at radius 2 is 0.637 bits per heavy atom. The summed E-state index contributed by atoms with van der Waals surface area (Å²) >= 11 is 0. The number of hydrogen-bond donors (Lipinski definition) is 0. The standard InChI is InChI=1S/C86H75BN4/c1-83(2,3)63-47-67(85(7,8)9)77-65-35-25-37-69-80(65)90(73(77)49-63)75-45-62(46-76-79(75)87(69)70-38-26-36-66-78-68(86(10,11)12)48-64(84(4,5)6)50-74(78)91(76)81(66)70)82-88-71(60-41-56(52-27-17-13-18-28-52)39-57(42-60)53-29-19-14-20-30-53)51-72(89-82)61-43-58(54-31-21-15-22-32-54)40-59(44-61)55-33-23-16-24-34-55/h13-51H,1-12H3. The number of aromatic nitrogens is 4. The molecule has 91 heavy (non-hydrogen) atoms. The molecule has 4 nitrogen and oxygen atoms in total. The molecule has 5 heterocycles. The second-order valence-electron chi connectivity index (χ2n) is 29.9. The topological polar surface area (TPSA) is 35.6 Å². The largest absolute Gasteiger partial charge is 0.310 e. The van der Waals surface area contributed by atoms with Crippen LogP contribution < -0.4 is 16.4 Å². The van der Waals surface area contributed by atoms with Gasteiger partial charge in [-0.1, -0.05) is 253 Å². The van der Waals surface area contributed by atoms with Crippen molar-refractivity contribution in [2.75, 3.05) is 0 Å². The van der Waals surface area contributed by atoms with Crippen LogP contribution in [0.3, 0.4) is 0 Å². The molecule has 0 atom stereocenters. The smallest absolute Gasteiger partial charge is 0.252 e. The summed E-state index contributed by atoms with van der Waals surface area (Å²) in [5, 5.41) is 5.23. The highest BCUT2D eigenvalue weighted by Gasteiger charge is 2.43. The Labute approximate surface area is 536 Å². The summed E-state index contributed by atoms with van der Waals surface area (Å²) in [6.07, 6.45) is 0. The van der Waals surface area contributed by atoms with Crippen LogP contribution in [0.4, 0.5) is 0 Å². The molecule has 0 aliphatic carbocycles. The third-order valence-corrected chi connectivity index (χ3v) is 19.6. The van der Waals surface area contributed by atoms with Crippen molar-refractivity contribution in [2.45, 2.75) is 105 Å². The molecule has 2 aliphatic heterocycles. The van der Waals surface area contributed by atoms with Crippen molar-refractivity contribution in [1.29, 1.82) is 0 Å². The van der Waals surface area contributed by atoms with Gasteiger partial charge in [0.2, 0.25) is 0 Å². The van der Waals surface area contributed by atoms with Crippen molar-refractivity contribution >= 4 is 66.7 Å². The maximum absolute atomic E-state index is 5.93. The van der Waals surface area contributed by atoms with Crippen LogP contribution >= 0.6 is 0 Å². The lowest BCUT2D eigenvalue weighted by atomic mass is 9.34. The lowest BCUT2D eigenvalue weighted by Crippen LogP contribution is -2.59. The molecular weight excluding hydrogens is 1100 g/mol. The van der Waals surface area contributed by atoms with E-state index in [1.807, 2.05) is 0 Å². The summed E-state index contributed by atoms with van der Waals surface area (Å²) in [7, 11) is 0. The Balaban J connectivity index is 1.07. The molecule has 14 aromatic rings. The molecule has 0 fully saturated rings. The molecular formula is C86H75BN4. The Kier molecular flexibility index (Phi) is 12.6. The normalized spacial score (nSPS) is 13.0. The highest BCUT2D eigenvalue weighted by atomic mass is 15.0. The van der Waals surface area contributed by atoms with E-state index in [1.54, 1.807) is 0 Å². The first-order valence-corrected chi connectivity index (χ1v) is 32.5. The van der Waals surface area contributed by atoms with Crippen LogP contribution in [-0.2, 0) is 21.7 Å². The molecule has 5 heteroatoms. The number of rotatable bonds is 7. The van der Waals surface area contributed by atoms with Crippen molar-refractivity contribution in [3.8, 4) is 89.8 Å². The second kappa shape index (κ2) is 20.3. The molecule has 0 saturated carbocycles. The Bertz CT molecular complexity index is 4850.